The Bertz CT molecular complexity index is 937. The molecule has 1 aliphatic carbocycles. The molecule has 142 valence electrons. The van der Waals surface area contributed by atoms with Crippen molar-refractivity contribution in [3.63, 3.8) is 0 Å². The second-order valence-electron chi connectivity index (χ2n) is 5.82. The molecule has 10 heteroatoms. The van der Waals surface area contributed by atoms with Gasteiger partial charge in [0.25, 0.3) is 11.8 Å². The zero-order valence-corrected chi connectivity index (χ0v) is 14.5. The van der Waals surface area contributed by atoms with Crippen LogP contribution in [-0.4, -0.2) is 24.0 Å². The number of halogens is 3. The number of Topliss-reactive ketones (excluding diaryl/α,β-unsaturated/α-hetero) is 1. The molecule has 1 aromatic heterocycles. The Balaban J connectivity index is 1.87. The Morgan fingerprint density at radius 3 is 2.63 bits per heavy atom. The maximum Gasteiger partial charge on any atom is 0.573 e. The number of benzene rings is 1. The smallest absolute Gasteiger partial charge is 0.406 e. The highest BCUT2D eigenvalue weighted by Crippen LogP contribution is 2.37. The lowest BCUT2D eigenvalue weighted by atomic mass is 9.94. The van der Waals surface area contributed by atoms with E-state index in [-0.39, 0.29) is 34.8 Å². The van der Waals surface area contributed by atoms with Crippen molar-refractivity contribution in [1.29, 1.82) is 0 Å². The van der Waals surface area contributed by atoms with Crippen LogP contribution in [0.4, 0.5) is 18.2 Å². The predicted octanol–water partition coefficient (Wildman–Crippen LogP) is 3.06. The number of alkyl halides is 3. The third-order valence-electron chi connectivity index (χ3n) is 3.91. The number of fused-ring (bicyclic) bond motifs is 1. The first-order valence-electron chi connectivity index (χ1n) is 7.77. The van der Waals surface area contributed by atoms with Gasteiger partial charge < -0.3 is 15.8 Å². The summed E-state index contributed by atoms with van der Waals surface area (Å²) < 4.78 is 40.8. The molecular formula is C17H13F3N2O4S. The van der Waals surface area contributed by atoms with Gasteiger partial charge in [0, 0.05) is 23.3 Å². The number of thiophene rings is 1. The first-order chi connectivity index (χ1) is 12.6. The number of hydrogen-bond donors (Lipinski definition) is 2. The molecule has 1 aromatic carbocycles. The lowest BCUT2D eigenvalue weighted by Gasteiger charge is -2.11. The fourth-order valence-corrected chi connectivity index (χ4v) is 4.09. The fourth-order valence-electron chi connectivity index (χ4n) is 2.81. The monoisotopic (exact) mass is 398 g/mol. The molecule has 0 saturated carbocycles. The van der Waals surface area contributed by atoms with Crippen molar-refractivity contribution >= 4 is 33.9 Å². The lowest BCUT2D eigenvalue weighted by molar-refractivity contribution is -0.274. The van der Waals surface area contributed by atoms with Crippen LogP contribution in [0.1, 0.15) is 37.6 Å². The average Bonchev–Trinajstić information content (AvgIpc) is 2.90. The molecule has 3 rings (SSSR count). The van der Waals surface area contributed by atoms with E-state index in [9.17, 15) is 27.6 Å². The topological polar surface area (TPSA) is 98.5 Å². The second-order valence-corrected chi connectivity index (χ2v) is 6.92. The van der Waals surface area contributed by atoms with E-state index in [2.05, 4.69) is 10.1 Å². The fraction of sp³-hybridized carbons (Fsp3) is 0.235. The quantitative estimate of drug-likeness (QED) is 0.827. The zero-order valence-electron chi connectivity index (χ0n) is 13.7. The molecule has 0 aliphatic heterocycles. The van der Waals surface area contributed by atoms with Gasteiger partial charge in [-0.2, -0.15) is 0 Å². The van der Waals surface area contributed by atoms with Crippen molar-refractivity contribution in [2.75, 3.05) is 5.32 Å². The minimum Gasteiger partial charge on any atom is -0.406 e. The first-order valence-corrected chi connectivity index (χ1v) is 8.59. The Hall–Kier alpha value is -2.88. The van der Waals surface area contributed by atoms with E-state index in [1.54, 1.807) is 0 Å². The molecule has 3 N–H and O–H groups in total. The summed E-state index contributed by atoms with van der Waals surface area (Å²) in [4.78, 5) is 36.5. The van der Waals surface area contributed by atoms with Crippen LogP contribution in [0.3, 0.4) is 0 Å². The van der Waals surface area contributed by atoms with Gasteiger partial charge in [0.1, 0.15) is 16.5 Å². The number of rotatable bonds is 4. The van der Waals surface area contributed by atoms with Crippen LogP contribution >= 0.6 is 11.3 Å². The van der Waals surface area contributed by atoms with Crippen LogP contribution in [0, 0.1) is 0 Å². The predicted molar refractivity (Wildman–Crippen MR) is 90.9 cm³/mol. The van der Waals surface area contributed by atoms with Crippen LogP contribution in [0.15, 0.2) is 24.3 Å². The molecule has 0 fully saturated rings. The minimum atomic E-state index is -4.88. The number of nitrogens with one attached hydrogen (secondary N) is 1. The maximum atomic E-state index is 12.4. The molecule has 0 atom stereocenters. The summed E-state index contributed by atoms with van der Waals surface area (Å²) in [7, 11) is 0. The number of anilines is 1. The first kappa shape index (κ1) is 18.9. The van der Waals surface area contributed by atoms with E-state index in [1.807, 2.05) is 0 Å². The van der Waals surface area contributed by atoms with Crippen molar-refractivity contribution in [3.05, 3.63) is 45.8 Å². The van der Waals surface area contributed by atoms with Crippen molar-refractivity contribution in [3.8, 4) is 5.75 Å². The Morgan fingerprint density at radius 2 is 1.96 bits per heavy atom. The van der Waals surface area contributed by atoms with Gasteiger partial charge in [-0.25, -0.2) is 0 Å². The van der Waals surface area contributed by atoms with E-state index in [0.29, 0.717) is 16.9 Å². The number of hydrogen-bond acceptors (Lipinski definition) is 5. The van der Waals surface area contributed by atoms with E-state index in [0.717, 1.165) is 23.5 Å². The third kappa shape index (κ3) is 4.27. The van der Waals surface area contributed by atoms with Gasteiger partial charge in [-0.3, -0.25) is 14.4 Å². The number of carbonyl (C=O) groups is 3. The lowest BCUT2D eigenvalue weighted by Crippen LogP contribution is -2.20. The summed E-state index contributed by atoms with van der Waals surface area (Å²) in [6, 6.07) is 4.54. The van der Waals surface area contributed by atoms with Crippen molar-refractivity contribution in [1.82, 2.24) is 0 Å². The number of ketones is 1. The van der Waals surface area contributed by atoms with Gasteiger partial charge in [-0.1, -0.05) is 6.07 Å². The van der Waals surface area contributed by atoms with Crippen LogP contribution in [0.5, 0.6) is 5.75 Å². The maximum absolute atomic E-state index is 12.4. The average molecular weight is 398 g/mol. The van der Waals surface area contributed by atoms with Crippen molar-refractivity contribution in [2.45, 2.75) is 25.6 Å². The molecular weight excluding hydrogens is 385 g/mol. The summed E-state index contributed by atoms with van der Waals surface area (Å²) in [5.41, 5.74) is 6.10. The van der Waals surface area contributed by atoms with Gasteiger partial charge in [0.05, 0.1) is 5.56 Å². The summed E-state index contributed by atoms with van der Waals surface area (Å²) in [5.74, 6) is -1.99. The molecule has 0 radical (unpaired) electrons. The highest BCUT2D eigenvalue weighted by molar-refractivity contribution is 7.17. The molecule has 6 nitrogen and oxygen atoms in total. The molecule has 2 amide bonds. The molecule has 2 aromatic rings. The summed E-state index contributed by atoms with van der Waals surface area (Å²) in [6.07, 6.45) is -4.08. The summed E-state index contributed by atoms with van der Waals surface area (Å²) in [5, 5.41) is 2.68. The molecule has 27 heavy (non-hydrogen) atoms. The van der Waals surface area contributed by atoms with Gasteiger partial charge in [-0.15, -0.1) is 24.5 Å². The Labute approximate surface area is 155 Å². The van der Waals surface area contributed by atoms with Crippen LogP contribution in [0.2, 0.25) is 0 Å². The van der Waals surface area contributed by atoms with Crippen LogP contribution in [0.25, 0.3) is 0 Å². The normalized spacial score (nSPS) is 13.8. The van der Waals surface area contributed by atoms with Crippen molar-refractivity contribution < 1.29 is 32.3 Å². The summed E-state index contributed by atoms with van der Waals surface area (Å²) in [6.45, 7) is 0. The number of primary amides is 1. The number of nitrogens with two attached hydrogens (primary N) is 1. The van der Waals surface area contributed by atoms with E-state index < -0.39 is 23.9 Å². The molecule has 1 aliphatic rings. The summed E-state index contributed by atoms with van der Waals surface area (Å²) >= 11 is 1.07. The number of carbonyl (C=O) groups excluding carboxylic acids is 3. The Kier molecular flexibility index (Phi) is 4.92. The highest BCUT2D eigenvalue weighted by Gasteiger charge is 2.31. The van der Waals surface area contributed by atoms with E-state index in [1.165, 1.54) is 12.1 Å². The highest BCUT2D eigenvalue weighted by atomic mass is 32.1. The van der Waals surface area contributed by atoms with Gasteiger partial charge in [0.15, 0.2) is 0 Å². The van der Waals surface area contributed by atoms with Crippen LogP contribution < -0.4 is 15.8 Å². The van der Waals surface area contributed by atoms with Gasteiger partial charge in [0.2, 0.25) is 0 Å². The SMILES string of the molecule is NC(=O)c1c(NC(=O)c2cccc(OC(F)(F)F)c2)sc2c1CCC(=O)C2. The largest absolute Gasteiger partial charge is 0.573 e. The minimum absolute atomic E-state index is 0.0228. The number of amides is 2. The molecule has 0 unspecified atom stereocenters. The molecule has 0 saturated heterocycles. The zero-order chi connectivity index (χ0) is 19.8. The molecule has 1 heterocycles. The standard InChI is InChI=1S/C17H13F3N2O4S/c18-17(19,20)26-10-3-1-2-8(6-10)15(25)22-16-13(14(21)24)11-5-4-9(23)7-12(11)27-16/h1-3,6H,4-5,7H2,(H2,21,24)(H,22,25). The van der Waals surface area contributed by atoms with Crippen LogP contribution in [-0.2, 0) is 17.6 Å². The van der Waals surface area contributed by atoms with Gasteiger partial charge >= 0.3 is 6.36 Å². The van der Waals surface area contributed by atoms with Crippen molar-refractivity contribution in [2.24, 2.45) is 5.73 Å². The third-order valence-corrected chi connectivity index (χ3v) is 5.05. The second kappa shape index (κ2) is 7.03. The van der Waals surface area contributed by atoms with Gasteiger partial charge in [-0.05, 0) is 30.2 Å². The Morgan fingerprint density at radius 1 is 1.22 bits per heavy atom. The molecule has 0 bridgehead atoms. The van der Waals surface area contributed by atoms with E-state index >= 15 is 0 Å². The van der Waals surface area contributed by atoms with E-state index in [4.69, 9.17) is 5.73 Å². The molecule has 0 spiro atoms. The number of ether oxygens (including phenoxy) is 1.